The van der Waals surface area contributed by atoms with E-state index in [9.17, 15) is 4.79 Å². The molecule has 29 heavy (non-hydrogen) atoms. The van der Waals surface area contributed by atoms with E-state index in [-0.39, 0.29) is 5.92 Å². The van der Waals surface area contributed by atoms with Crippen LogP contribution in [-0.4, -0.2) is 86.7 Å². The number of rotatable bonds is 8. The van der Waals surface area contributed by atoms with Gasteiger partial charge in [0.2, 0.25) is 5.91 Å². The Balaban J connectivity index is 1.48. The molecule has 0 radical (unpaired) electrons. The number of likely N-dealkylation sites (tertiary alicyclic amines) is 2. The van der Waals surface area contributed by atoms with Crippen molar-refractivity contribution in [2.75, 3.05) is 53.0 Å². The van der Waals surface area contributed by atoms with Gasteiger partial charge in [0, 0.05) is 51.3 Å². The predicted molar refractivity (Wildman–Crippen MR) is 117 cm³/mol. The molecule has 0 aromatic heterocycles. The SMILES string of the molecule is CCNC(=NCC1CCCN1CCOC)NC1CCN(C(=O)C2CCCCC2)C1. The van der Waals surface area contributed by atoms with E-state index in [1.807, 2.05) is 0 Å². The highest BCUT2D eigenvalue weighted by Gasteiger charge is 2.32. The van der Waals surface area contributed by atoms with Gasteiger partial charge < -0.3 is 20.3 Å². The van der Waals surface area contributed by atoms with Gasteiger partial charge in [-0.05, 0) is 45.6 Å². The maximum absolute atomic E-state index is 12.8. The number of nitrogens with zero attached hydrogens (tertiary/aromatic N) is 3. The largest absolute Gasteiger partial charge is 0.383 e. The minimum Gasteiger partial charge on any atom is -0.383 e. The Morgan fingerprint density at radius 3 is 2.69 bits per heavy atom. The minimum atomic E-state index is 0.268. The number of amides is 1. The van der Waals surface area contributed by atoms with Gasteiger partial charge in [0.1, 0.15) is 0 Å². The number of methoxy groups -OCH3 is 1. The van der Waals surface area contributed by atoms with E-state index >= 15 is 0 Å². The lowest BCUT2D eigenvalue weighted by molar-refractivity contribution is -0.135. The van der Waals surface area contributed by atoms with Gasteiger partial charge in [-0.1, -0.05) is 19.3 Å². The summed E-state index contributed by atoms with van der Waals surface area (Å²) in [5, 5.41) is 6.98. The molecule has 7 heteroatoms. The monoisotopic (exact) mass is 407 g/mol. The molecule has 0 aromatic rings. The fourth-order valence-corrected chi connectivity index (χ4v) is 5.00. The van der Waals surface area contributed by atoms with Crippen LogP contribution in [0.25, 0.3) is 0 Å². The second kappa shape index (κ2) is 11.7. The summed E-state index contributed by atoms with van der Waals surface area (Å²) in [4.78, 5) is 22.3. The molecule has 1 aliphatic carbocycles. The van der Waals surface area contributed by atoms with Crippen molar-refractivity contribution in [1.82, 2.24) is 20.4 Å². The Bertz CT molecular complexity index is 535. The summed E-state index contributed by atoms with van der Waals surface area (Å²) in [5.41, 5.74) is 0. The molecule has 0 spiro atoms. The van der Waals surface area contributed by atoms with Gasteiger partial charge in [0.15, 0.2) is 5.96 Å². The first kappa shape index (κ1) is 22.3. The Morgan fingerprint density at radius 2 is 1.93 bits per heavy atom. The molecule has 0 bridgehead atoms. The molecule has 1 amide bonds. The normalized spacial score (nSPS) is 26.8. The quantitative estimate of drug-likeness (QED) is 0.475. The summed E-state index contributed by atoms with van der Waals surface area (Å²) in [6.45, 7) is 8.37. The third-order valence-corrected chi connectivity index (χ3v) is 6.68. The van der Waals surface area contributed by atoms with E-state index < -0.39 is 0 Å². The zero-order chi connectivity index (χ0) is 20.5. The van der Waals surface area contributed by atoms with Gasteiger partial charge in [0.05, 0.1) is 13.2 Å². The van der Waals surface area contributed by atoms with Crippen LogP contribution in [-0.2, 0) is 9.53 Å². The number of hydrogen-bond donors (Lipinski definition) is 2. The van der Waals surface area contributed by atoms with Gasteiger partial charge in [-0.3, -0.25) is 14.7 Å². The van der Waals surface area contributed by atoms with Crippen molar-refractivity contribution < 1.29 is 9.53 Å². The number of carbonyl (C=O) groups is 1. The van der Waals surface area contributed by atoms with E-state index in [1.54, 1.807) is 7.11 Å². The molecule has 0 aromatic carbocycles. The van der Waals surface area contributed by atoms with E-state index in [0.717, 1.165) is 71.1 Å². The van der Waals surface area contributed by atoms with Crippen molar-refractivity contribution in [2.45, 2.75) is 70.4 Å². The second-order valence-corrected chi connectivity index (χ2v) is 8.79. The third-order valence-electron chi connectivity index (χ3n) is 6.68. The van der Waals surface area contributed by atoms with Gasteiger partial charge >= 0.3 is 0 Å². The van der Waals surface area contributed by atoms with Gasteiger partial charge in [0.25, 0.3) is 0 Å². The molecule has 3 aliphatic rings. The molecular formula is C22H41N5O2. The number of carbonyl (C=O) groups excluding carboxylic acids is 1. The lowest BCUT2D eigenvalue weighted by atomic mass is 9.88. The van der Waals surface area contributed by atoms with Crippen LogP contribution in [0.1, 0.15) is 58.3 Å². The highest BCUT2D eigenvalue weighted by Crippen LogP contribution is 2.26. The molecule has 2 atom stereocenters. The highest BCUT2D eigenvalue weighted by molar-refractivity contribution is 5.81. The first-order valence-corrected chi connectivity index (χ1v) is 11.8. The average Bonchev–Trinajstić information content (AvgIpc) is 3.40. The Hall–Kier alpha value is -1.34. The molecule has 2 heterocycles. The fourth-order valence-electron chi connectivity index (χ4n) is 5.00. The first-order valence-electron chi connectivity index (χ1n) is 11.8. The van der Waals surface area contributed by atoms with Gasteiger partial charge in [-0.15, -0.1) is 0 Å². The van der Waals surface area contributed by atoms with Crippen molar-refractivity contribution in [3.8, 4) is 0 Å². The fraction of sp³-hybridized carbons (Fsp3) is 0.909. The smallest absolute Gasteiger partial charge is 0.225 e. The lowest BCUT2D eigenvalue weighted by Crippen LogP contribution is -2.46. The van der Waals surface area contributed by atoms with Crippen molar-refractivity contribution in [3.63, 3.8) is 0 Å². The van der Waals surface area contributed by atoms with Crippen LogP contribution in [0.15, 0.2) is 4.99 Å². The van der Waals surface area contributed by atoms with Crippen molar-refractivity contribution in [3.05, 3.63) is 0 Å². The Labute approximate surface area is 176 Å². The maximum Gasteiger partial charge on any atom is 0.225 e. The molecule has 1 saturated carbocycles. The van der Waals surface area contributed by atoms with E-state index in [2.05, 4.69) is 27.4 Å². The molecule has 3 fully saturated rings. The van der Waals surface area contributed by atoms with Crippen LogP contribution in [0.5, 0.6) is 0 Å². The summed E-state index contributed by atoms with van der Waals surface area (Å²) in [6.07, 6.45) is 9.34. The summed E-state index contributed by atoms with van der Waals surface area (Å²) in [6, 6.07) is 0.807. The third kappa shape index (κ3) is 6.57. The van der Waals surface area contributed by atoms with Crippen LogP contribution in [0.4, 0.5) is 0 Å². The standard InChI is InChI=1S/C22H41N5O2/c1-3-23-22(24-16-20-10-7-12-26(20)14-15-29-2)25-19-11-13-27(17-19)21(28)18-8-5-4-6-9-18/h18-20H,3-17H2,1-2H3,(H2,23,24,25). The number of guanidine groups is 1. The summed E-state index contributed by atoms with van der Waals surface area (Å²) in [5.74, 6) is 1.54. The van der Waals surface area contributed by atoms with Crippen LogP contribution in [0.2, 0.25) is 0 Å². The van der Waals surface area contributed by atoms with E-state index in [0.29, 0.717) is 18.0 Å². The number of aliphatic imine (C=N–C) groups is 1. The molecule has 2 N–H and O–H groups in total. The second-order valence-electron chi connectivity index (χ2n) is 8.79. The van der Waals surface area contributed by atoms with Crippen LogP contribution in [0, 0.1) is 5.92 Å². The van der Waals surface area contributed by atoms with Crippen LogP contribution >= 0.6 is 0 Å². The molecule has 3 rings (SSSR count). The Kier molecular flexibility index (Phi) is 9.05. The molecule has 7 nitrogen and oxygen atoms in total. The summed E-state index contributed by atoms with van der Waals surface area (Å²) >= 11 is 0. The zero-order valence-corrected chi connectivity index (χ0v) is 18.5. The zero-order valence-electron chi connectivity index (χ0n) is 18.5. The topological polar surface area (TPSA) is 69.2 Å². The molecule has 2 unspecified atom stereocenters. The van der Waals surface area contributed by atoms with Crippen molar-refractivity contribution >= 4 is 11.9 Å². The summed E-state index contributed by atoms with van der Waals surface area (Å²) < 4.78 is 5.24. The van der Waals surface area contributed by atoms with E-state index in [4.69, 9.17) is 9.73 Å². The predicted octanol–water partition coefficient (Wildman–Crippen LogP) is 1.83. The number of nitrogens with one attached hydrogen (secondary N) is 2. The lowest BCUT2D eigenvalue weighted by Gasteiger charge is -2.26. The molecular weight excluding hydrogens is 366 g/mol. The summed E-state index contributed by atoms with van der Waals surface area (Å²) in [7, 11) is 1.76. The first-order chi connectivity index (χ1) is 14.2. The minimum absolute atomic E-state index is 0.268. The molecule has 2 saturated heterocycles. The van der Waals surface area contributed by atoms with Crippen molar-refractivity contribution in [2.24, 2.45) is 10.9 Å². The maximum atomic E-state index is 12.8. The van der Waals surface area contributed by atoms with Crippen LogP contribution < -0.4 is 10.6 Å². The Morgan fingerprint density at radius 1 is 1.10 bits per heavy atom. The molecule has 166 valence electrons. The average molecular weight is 408 g/mol. The van der Waals surface area contributed by atoms with Crippen LogP contribution in [0.3, 0.4) is 0 Å². The van der Waals surface area contributed by atoms with E-state index in [1.165, 1.54) is 32.1 Å². The van der Waals surface area contributed by atoms with Gasteiger partial charge in [-0.2, -0.15) is 0 Å². The number of hydrogen-bond acceptors (Lipinski definition) is 4. The van der Waals surface area contributed by atoms with Crippen molar-refractivity contribution in [1.29, 1.82) is 0 Å². The molecule has 2 aliphatic heterocycles. The highest BCUT2D eigenvalue weighted by atomic mass is 16.5. The van der Waals surface area contributed by atoms with Gasteiger partial charge in [-0.25, -0.2) is 0 Å². The number of ether oxygens (including phenoxy) is 1.